The van der Waals surface area contributed by atoms with E-state index in [0.717, 1.165) is 24.2 Å². The summed E-state index contributed by atoms with van der Waals surface area (Å²) in [5.41, 5.74) is 0.622. The maximum Gasteiger partial charge on any atom is 0.410 e. The van der Waals surface area contributed by atoms with Crippen molar-refractivity contribution in [2.24, 2.45) is 4.99 Å². The predicted octanol–water partition coefficient (Wildman–Crippen LogP) is 3.38. The van der Waals surface area contributed by atoms with E-state index in [1.807, 2.05) is 49.9 Å². The van der Waals surface area contributed by atoms with Crippen LogP contribution >= 0.6 is 24.0 Å². The summed E-state index contributed by atoms with van der Waals surface area (Å²) >= 11 is 0. The van der Waals surface area contributed by atoms with Crippen LogP contribution in [-0.4, -0.2) is 55.8 Å². The van der Waals surface area contributed by atoms with Crippen molar-refractivity contribution >= 4 is 36.0 Å². The lowest BCUT2D eigenvalue weighted by Crippen LogP contribution is -2.45. The standard InChI is InChI=1S/C20H32N4O3.HI/c1-20(2,3)27-19(25)24(16-9-10-16)12-11-22-18(21-4)23-14-15-7-6-8-17(13-15)26-5;/h6-8,13,16H,9-12,14H2,1-5H3,(H2,21,22,23);1H. The van der Waals surface area contributed by atoms with Crippen molar-refractivity contribution in [2.45, 2.75) is 51.8 Å². The number of hydrogen-bond acceptors (Lipinski definition) is 4. The van der Waals surface area contributed by atoms with Crippen LogP contribution in [0.5, 0.6) is 5.75 Å². The van der Waals surface area contributed by atoms with Crippen LogP contribution in [0.4, 0.5) is 4.79 Å². The van der Waals surface area contributed by atoms with E-state index in [-0.39, 0.29) is 30.1 Å². The Balaban J connectivity index is 0.00000392. The Bertz CT molecular complexity index is 657. The van der Waals surface area contributed by atoms with Gasteiger partial charge in [0.15, 0.2) is 5.96 Å². The van der Waals surface area contributed by atoms with E-state index in [0.29, 0.717) is 31.6 Å². The van der Waals surface area contributed by atoms with Crippen LogP contribution in [0.2, 0.25) is 0 Å². The lowest BCUT2D eigenvalue weighted by molar-refractivity contribution is 0.0238. The quantitative estimate of drug-likeness (QED) is 0.339. The second kappa shape index (κ2) is 11.3. The molecule has 0 atom stereocenters. The highest BCUT2D eigenvalue weighted by molar-refractivity contribution is 14.0. The molecule has 1 amide bonds. The average Bonchev–Trinajstić information content (AvgIpc) is 3.44. The fourth-order valence-corrected chi connectivity index (χ4v) is 2.61. The van der Waals surface area contributed by atoms with Crippen LogP contribution in [0.1, 0.15) is 39.2 Å². The smallest absolute Gasteiger partial charge is 0.410 e. The fraction of sp³-hybridized carbons (Fsp3) is 0.600. The van der Waals surface area contributed by atoms with Gasteiger partial charge in [-0.1, -0.05) is 12.1 Å². The summed E-state index contributed by atoms with van der Waals surface area (Å²) in [7, 11) is 3.39. The molecule has 1 fully saturated rings. The highest BCUT2D eigenvalue weighted by Crippen LogP contribution is 2.28. The number of nitrogens with one attached hydrogen (secondary N) is 2. The van der Waals surface area contributed by atoms with Gasteiger partial charge in [-0.15, -0.1) is 24.0 Å². The van der Waals surface area contributed by atoms with E-state index in [1.54, 1.807) is 14.2 Å². The number of rotatable bonds is 7. The molecule has 1 saturated carbocycles. The number of amides is 1. The van der Waals surface area contributed by atoms with E-state index in [9.17, 15) is 4.79 Å². The lowest BCUT2D eigenvalue weighted by Gasteiger charge is -2.27. The van der Waals surface area contributed by atoms with Crippen LogP contribution in [0, 0.1) is 0 Å². The average molecular weight is 504 g/mol. The summed E-state index contributed by atoms with van der Waals surface area (Å²) in [5, 5.41) is 6.53. The van der Waals surface area contributed by atoms with Crippen LogP contribution < -0.4 is 15.4 Å². The first-order valence-electron chi connectivity index (χ1n) is 9.39. The van der Waals surface area contributed by atoms with Gasteiger partial charge in [-0.05, 0) is 51.3 Å². The molecule has 2 rings (SSSR count). The molecule has 158 valence electrons. The molecule has 1 aliphatic rings. The molecule has 0 bridgehead atoms. The predicted molar refractivity (Wildman–Crippen MR) is 123 cm³/mol. The van der Waals surface area contributed by atoms with Crippen molar-refractivity contribution in [3.63, 3.8) is 0 Å². The molecule has 0 saturated heterocycles. The molecule has 0 radical (unpaired) electrons. The molecule has 0 unspecified atom stereocenters. The monoisotopic (exact) mass is 504 g/mol. The molecule has 1 aliphatic carbocycles. The van der Waals surface area contributed by atoms with Gasteiger partial charge in [0, 0.05) is 32.7 Å². The number of carbonyl (C=O) groups is 1. The second-order valence-corrected chi connectivity index (χ2v) is 7.61. The molecule has 0 heterocycles. The van der Waals surface area contributed by atoms with Crippen LogP contribution in [0.15, 0.2) is 29.3 Å². The molecule has 0 spiro atoms. The van der Waals surface area contributed by atoms with Gasteiger partial charge in [0.2, 0.25) is 0 Å². The summed E-state index contributed by atoms with van der Waals surface area (Å²) in [6.07, 6.45) is 1.84. The van der Waals surface area contributed by atoms with Gasteiger partial charge in [0.05, 0.1) is 7.11 Å². The first-order chi connectivity index (χ1) is 12.8. The van der Waals surface area contributed by atoms with Crippen molar-refractivity contribution in [1.82, 2.24) is 15.5 Å². The number of nitrogens with zero attached hydrogens (tertiary/aromatic N) is 2. The first kappa shape index (κ1) is 24.3. The summed E-state index contributed by atoms with van der Waals surface area (Å²) in [5.74, 6) is 1.52. The zero-order chi connectivity index (χ0) is 19.9. The number of halogens is 1. The number of ether oxygens (including phenoxy) is 2. The Morgan fingerprint density at radius 3 is 2.57 bits per heavy atom. The van der Waals surface area contributed by atoms with E-state index in [2.05, 4.69) is 15.6 Å². The Hall–Kier alpha value is -1.71. The Labute approximate surface area is 185 Å². The molecule has 0 aliphatic heterocycles. The van der Waals surface area contributed by atoms with Crippen LogP contribution in [0.25, 0.3) is 0 Å². The van der Waals surface area contributed by atoms with Gasteiger partial charge in [0.1, 0.15) is 11.4 Å². The van der Waals surface area contributed by atoms with Gasteiger partial charge in [-0.3, -0.25) is 4.99 Å². The van der Waals surface area contributed by atoms with Crippen LogP contribution in [-0.2, 0) is 11.3 Å². The largest absolute Gasteiger partial charge is 0.497 e. The molecular formula is C20H33IN4O3. The number of carbonyl (C=O) groups excluding carboxylic acids is 1. The molecule has 28 heavy (non-hydrogen) atoms. The zero-order valence-electron chi connectivity index (χ0n) is 17.4. The SMILES string of the molecule is CN=C(NCCN(C(=O)OC(C)(C)C)C1CC1)NCc1cccc(OC)c1.I. The Kier molecular flexibility index (Phi) is 9.84. The van der Waals surface area contributed by atoms with Crippen molar-refractivity contribution in [3.8, 4) is 5.75 Å². The van der Waals surface area contributed by atoms with Gasteiger partial charge in [0.25, 0.3) is 0 Å². The van der Waals surface area contributed by atoms with Gasteiger partial charge in [-0.25, -0.2) is 4.79 Å². The minimum atomic E-state index is -0.480. The molecule has 7 nitrogen and oxygen atoms in total. The second-order valence-electron chi connectivity index (χ2n) is 7.61. The molecule has 8 heteroatoms. The zero-order valence-corrected chi connectivity index (χ0v) is 19.8. The summed E-state index contributed by atoms with van der Waals surface area (Å²) in [4.78, 5) is 18.4. The summed E-state index contributed by atoms with van der Waals surface area (Å²) in [6, 6.07) is 8.19. The third kappa shape index (κ3) is 8.53. The van der Waals surface area contributed by atoms with E-state index >= 15 is 0 Å². The van der Waals surface area contributed by atoms with Crippen molar-refractivity contribution in [1.29, 1.82) is 0 Å². The van der Waals surface area contributed by atoms with Crippen molar-refractivity contribution < 1.29 is 14.3 Å². The molecular weight excluding hydrogens is 471 g/mol. The minimum Gasteiger partial charge on any atom is -0.497 e. The number of guanidine groups is 1. The first-order valence-corrected chi connectivity index (χ1v) is 9.39. The third-order valence-corrected chi connectivity index (χ3v) is 4.08. The normalized spacial score (nSPS) is 14.0. The fourth-order valence-electron chi connectivity index (χ4n) is 2.61. The Morgan fingerprint density at radius 2 is 2.00 bits per heavy atom. The van der Waals surface area contributed by atoms with E-state index in [1.165, 1.54) is 0 Å². The maximum atomic E-state index is 12.4. The van der Waals surface area contributed by atoms with Crippen molar-refractivity contribution in [2.75, 3.05) is 27.2 Å². The third-order valence-electron chi connectivity index (χ3n) is 4.08. The number of methoxy groups -OCH3 is 1. The number of benzene rings is 1. The van der Waals surface area contributed by atoms with E-state index < -0.39 is 5.60 Å². The number of hydrogen-bond donors (Lipinski definition) is 2. The van der Waals surface area contributed by atoms with Crippen molar-refractivity contribution in [3.05, 3.63) is 29.8 Å². The van der Waals surface area contributed by atoms with E-state index in [4.69, 9.17) is 9.47 Å². The highest BCUT2D eigenvalue weighted by Gasteiger charge is 2.34. The van der Waals surface area contributed by atoms with Gasteiger partial charge < -0.3 is 25.0 Å². The summed E-state index contributed by atoms with van der Waals surface area (Å²) < 4.78 is 10.8. The highest BCUT2D eigenvalue weighted by atomic mass is 127. The molecule has 0 aromatic heterocycles. The number of aliphatic imine (C=N–C) groups is 1. The molecule has 1 aromatic carbocycles. The topological polar surface area (TPSA) is 75.2 Å². The maximum absolute atomic E-state index is 12.4. The summed E-state index contributed by atoms with van der Waals surface area (Å²) in [6.45, 7) is 7.48. The van der Waals surface area contributed by atoms with Gasteiger partial charge in [-0.2, -0.15) is 0 Å². The van der Waals surface area contributed by atoms with Crippen LogP contribution in [0.3, 0.4) is 0 Å². The van der Waals surface area contributed by atoms with Gasteiger partial charge >= 0.3 is 6.09 Å². The minimum absolute atomic E-state index is 0. The molecule has 1 aromatic rings. The Morgan fingerprint density at radius 1 is 1.29 bits per heavy atom. The molecule has 2 N–H and O–H groups in total. The lowest BCUT2D eigenvalue weighted by atomic mass is 10.2.